The van der Waals surface area contributed by atoms with E-state index in [9.17, 15) is 14.0 Å². The molecule has 2 aromatic rings. The maximum atomic E-state index is 13.4. The third-order valence-electron chi connectivity index (χ3n) is 5.22. The Bertz CT molecular complexity index is 883. The second-order valence-corrected chi connectivity index (χ2v) is 8.64. The van der Waals surface area contributed by atoms with Gasteiger partial charge in [0.2, 0.25) is 11.8 Å². The van der Waals surface area contributed by atoms with Gasteiger partial charge in [0.1, 0.15) is 11.6 Å². The molecule has 3 rings (SSSR count). The van der Waals surface area contributed by atoms with Gasteiger partial charge in [-0.15, -0.1) is 0 Å². The molecule has 0 radical (unpaired) electrons. The molecule has 7 heteroatoms. The first-order valence-corrected chi connectivity index (χ1v) is 10.2. The van der Waals surface area contributed by atoms with E-state index in [0.717, 1.165) is 24.5 Å². The van der Waals surface area contributed by atoms with Crippen LogP contribution < -0.4 is 9.80 Å². The molecule has 30 heavy (non-hydrogen) atoms. The quantitative estimate of drug-likeness (QED) is 0.772. The number of rotatable bonds is 4. The number of nitrogens with zero attached hydrogens (tertiary/aromatic N) is 4. The Morgan fingerprint density at radius 3 is 2.17 bits per heavy atom. The Kier molecular flexibility index (Phi) is 6.39. The molecule has 0 bridgehead atoms. The van der Waals surface area contributed by atoms with E-state index in [1.807, 2.05) is 37.8 Å². The van der Waals surface area contributed by atoms with Gasteiger partial charge in [0, 0.05) is 50.4 Å². The Labute approximate surface area is 177 Å². The minimum absolute atomic E-state index is 0.0430. The Balaban J connectivity index is 1.74. The summed E-state index contributed by atoms with van der Waals surface area (Å²) in [6, 6.07) is 9.88. The van der Waals surface area contributed by atoms with Crippen LogP contribution in [0.25, 0.3) is 0 Å². The SMILES string of the molecule is CC(=O)N1CCN(c2ccc(CN(C(=O)C(C)(C)C)c3ccc(F)cc3)cn2)CC1. The molecule has 160 valence electrons. The third-order valence-corrected chi connectivity index (χ3v) is 5.22. The van der Waals surface area contributed by atoms with Crippen molar-refractivity contribution in [1.29, 1.82) is 0 Å². The van der Waals surface area contributed by atoms with Gasteiger partial charge in [0.05, 0.1) is 6.54 Å². The fraction of sp³-hybridized carbons (Fsp3) is 0.435. The summed E-state index contributed by atoms with van der Waals surface area (Å²) in [5.74, 6) is 0.580. The number of benzene rings is 1. The molecule has 0 unspecified atom stereocenters. The van der Waals surface area contributed by atoms with E-state index in [-0.39, 0.29) is 17.6 Å². The summed E-state index contributed by atoms with van der Waals surface area (Å²) >= 11 is 0. The van der Waals surface area contributed by atoms with Crippen molar-refractivity contribution in [3.05, 3.63) is 54.0 Å². The molecule has 1 saturated heterocycles. The van der Waals surface area contributed by atoms with Crippen LogP contribution in [0.5, 0.6) is 0 Å². The molecule has 1 aromatic carbocycles. The summed E-state index contributed by atoms with van der Waals surface area (Å²) in [6.07, 6.45) is 1.78. The van der Waals surface area contributed by atoms with Gasteiger partial charge in [-0.3, -0.25) is 9.59 Å². The second-order valence-electron chi connectivity index (χ2n) is 8.64. The average Bonchev–Trinajstić information content (AvgIpc) is 2.72. The van der Waals surface area contributed by atoms with Gasteiger partial charge in [-0.1, -0.05) is 26.8 Å². The second kappa shape index (κ2) is 8.81. The number of amides is 2. The summed E-state index contributed by atoms with van der Waals surface area (Å²) in [5.41, 5.74) is 0.974. The first-order valence-electron chi connectivity index (χ1n) is 10.2. The molecule has 0 N–H and O–H groups in total. The minimum Gasteiger partial charge on any atom is -0.353 e. The van der Waals surface area contributed by atoms with Gasteiger partial charge < -0.3 is 14.7 Å². The van der Waals surface area contributed by atoms with E-state index in [1.165, 1.54) is 12.1 Å². The molecule has 0 aliphatic carbocycles. The highest BCUT2D eigenvalue weighted by molar-refractivity contribution is 5.96. The Morgan fingerprint density at radius 1 is 1.03 bits per heavy atom. The largest absolute Gasteiger partial charge is 0.353 e. The molecule has 2 heterocycles. The zero-order chi connectivity index (χ0) is 21.9. The summed E-state index contributed by atoms with van der Waals surface area (Å²) in [5, 5.41) is 0. The smallest absolute Gasteiger partial charge is 0.232 e. The van der Waals surface area contributed by atoms with Gasteiger partial charge >= 0.3 is 0 Å². The lowest BCUT2D eigenvalue weighted by Gasteiger charge is -2.35. The monoisotopic (exact) mass is 412 g/mol. The van der Waals surface area contributed by atoms with Crippen LogP contribution in [0.2, 0.25) is 0 Å². The van der Waals surface area contributed by atoms with Gasteiger partial charge in [-0.05, 0) is 35.9 Å². The van der Waals surface area contributed by atoms with E-state index < -0.39 is 5.41 Å². The molecule has 6 nitrogen and oxygen atoms in total. The van der Waals surface area contributed by atoms with Crippen LogP contribution in [0, 0.1) is 11.2 Å². The molecule has 1 aromatic heterocycles. The number of carbonyl (C=O) groups excluding carboxylic acids is 2. The maximum absolute atomic E-state index is 13.4. The first-order chi connectivity index (χ1) is 14.1. The predicted molar refractivity (Wildman–Crippen MR) is 116 cm³/mol. The number of anilines is 2. The summed E-state index contributed by atoms with van der Waals surface area (Å²) in [4.78, 5) is 34.8. The molecule has 1 fully saturated rings. The van der Waals surface area contributed by atoms with E-state index in [2.05, 4.69) is 9.88 Å². The number of piperazine rings is 1. The number of halogens is 1. The molecule has 2 amide bonds. The summed E-state index contributed by atoms with van der Waals surface area (Å²) < 4.78 is 13.4. The lowest BCUT2D eigenvalue weighted by molar-refractivity contribution is -0.129. The number of hydrogen-bond acceptors (Lipinski definition) is 4. The van der Waals surface area contributed by atoms with E-state index in [0.29, 0.717) is 25.3 Å². The number of hydrogen-bond donors (Lipinski definition) is 0. The molecule has 1 aliphatic rings. The van der Waals surface area contributed by atoms with Crippen LogP contribution in [0.4, 0.5) is 15.9 Å². The number of pyridine rings is 1. The highest BCUT2D eigenvalue weighted by atomic mass is 19.1. The fourth-order valence-electron chi connectivity index (χ4n) is 3.44. The summed E-state index contributed by atoms with van der Waals surface area (Å²) in [6.45, 7) is 10.4. The highest BCUT2D eigenvalue weighted by Gasteiger charge is 2.28. The zero-order valence-corrected chi connectivity index (χ0v) is 18.1. The molecule has 0 saturated carbocycles. The maximum Gasteiger partial charge on any atom is 0.232 e. The van der Waals surface area contributed by atoms with Gasteiger partial charge in [0.15, 0.2) is 0 Å². The van der Waals surface area contributed by atoms with Crippen LogP contribution >= 0.6 is 0 Å². The number of carbonyl (C=O) groups is 2. The van der Waals surface area contributed by atoms with E-state index >= 15 is 0 Å². The van der Waals surface area contributed by atoms with E-state index in [4.69, 9.17) is 0 Å². The fourth-order valence-corrected chi connectivity index (χ4v) is 3.44. The van der Waals surface area contributed by atoms with Crippen molar-refractivity contribution in [3.63, 3.8) is 0 Å². The Morgan fingerprint density at radius 2 is 1.67 bits per heavy atom. The Hall–Kier alpha value is -2.96. The zero-order valence-electron chi connectivity index (χ0n) is 18.1. The highest BCUT2D eigenvalue weighted by Crippen LogP contribution is 2.26. The normalized spacial score (nSPS) is 14.6. The first kappa shape index (κ1) is 21.7. The average molecular weight is 413 g/mol. The lowest BCUT2D eigenvalue weighted by Crippen LogP contribution is -2.48. The van der Waals surface area contributed by atoms with Crippen LogP contribution in [0.3, 0.4) is 0 Å². The standard InChI is InChI=1S/C23H29FN4O2/c1-17(29)26-11-13-27(14-12-26)21-10-5-18(15-25-21)16-28(22(30)23(2,3)4)20-8-6-19(24)7-9-20/h5-10,15H,11-14,16H2,1-4H3. The summed E-state index contributed by atoms with van der Waals surface area (Å²) in [7, 11) is 0. The van der Waals surface area contributed by atoms with Crippen molar-refractivity contribution in [3.8, 4) is 0 Å². The van der Waals surface area contributed by atoms with Crippen molar-refractivity contribution in [2.24, 2.45) is 5.41 Å². The molecular formula is C23H29FN4O2. The van der Waals surface area contributed by atoms with Crippen LogP contribution in [0.1, 0.15) is 33.3 Å². The molecule has 0 spiro atoms. The van der Waals surface area contributed by atoms with E-state index in [1.54, 1.807) is 30.2 Å². The van der Waals surface area contributed by atoms with Crippen molar-refractivity contribution in [2.45, 2.75) is 34.2 Å². The third kappa shape index (κ3) is 5.14. The minimum atomic E-state index is -0.571. The van der Waals surface area contributed by atoms with Crippen LogP contribution in [-0.4, -0.2) is 47.9 Å². The van der Waals surface area contributed by atoms with Crippen molar-refractivity contribution < 1.29 is 14.0 Å². The number of aromatic nitrogens is 1. The van der Waals surface area contributed by atoms with Crippen LogP contribution in [-0.2, 0) is 16.1 Å². The lowest BCUT2D eigenvalue weighted by atomic mass is 9.94. The predicted octanol–water partition coefficient (Wildman–Crippen LogP) is 3.47. The van der Waals surface area contributed by atoms with Crippen LogP contribution in [0.15, 0.2) is 42.6 Å². The topological polar surface area (TPSA) is 56.8 Å². The van der Waals surface area contributed by atoms with Crippen molar-refractivity contribution in [2.75, 3.05) is 36.0 Å². The van der Waals surface area contributed by atoms with Crippen molar-refractivity contribution >= 4 is 23.3 Å². The molecule has 0 atom stereocenters. The van der Waals surface area contributed by atoms with Gasteiger partial charge in [0.25, 0.3) is 0 Å². The van der Waals surface area contributed by atoms with Gasteiger partial charge in [-0.2, -0.15) is 0 Å². The van der Waals surface area contributed by atoms with Crippen molar-refractivity contribution in [1.82, 2.24) is 9.88 Å². The van der Waals surface area contributed by atoms with Gasteiger partial charge in [-0.25, -0.2) is 9.37 Å². The molecule has 1 aliphatic heterocycles. The molecular weight excluding hydrogens is 383 g/mol.